The molecule has 5 heteroatoms. The van der Waals surface area contributed by atoms with Crippen LogP contribution in [0.3, 0.4) is 0 Å². The van der Waals surface area contributed by atoms with Crippen molar-refractivity contribution < 1.29 is 4.79 Å². The monoisotopic (exact) mass is 310 g/mol. The molecule has 88 valence electrons. The van der Waals surface area contributed by atoms with Crippen molar-refractivity contribution in [3.05, 3.63) is 50.4 Å². The second-order valence-corrected chi connectivity index (χ2v) is 5.40. The first-order valence-corrected chi connectivity index (χ1v) is 6.77. The van der Waals surface area contributed by atoms with Crippen molar-refractivity contribution in [3.63, 3.8) is 0 Å². The third kappa shape index (κ3) is 2.92. The molecule has 0 aliphatic heterocycles. The van der Waals surface area contributed by atoms with E-state index in [0.29, 0.717) is 12.2 Å². The van der Waals surface area contributed by atoms with Gasteiger partial charge in [-0.2, -0.15) is 0 Å². The Hall–Kier alpha value is -1.20. The lowest BCUT2D eigenvalue weighted by Crippen LogP contribution is -2.24. The Balaban J connectivity index is 2.04. The molecule has 0 aromatic carbocycles. The molecule has 0 saturated heterocycles. The van der Waals surface area contributed by atoms with Gasteiger partial charge in [0.25, 0.3) is 5.91 Å². The Morgan fingerprint density at radius 2 is 2.35 bits per heavy atom. The highest BCUT2D eigenvalue weighted by molar-refractivity contribution is 9.10. The summed E-state index contributed by atoms with van der Waals surface area (Å²) in [5, 5.41) is 4.85. The van der Waals surface area contributed by atoms with Crippen LogP contribution in [0.4, 0.5) is 0 Å². The number of rotatable bonds is 3. The minimum Gasteiger partial charge on any atom is -0.346 e. The number of thiophene rings is 1. The predicted octanol–water partition coefficient (Wildman–Crippen LogP) is 3.14. The standard InChI is InChI=1S/C12H11BrN2OS/c1-8-3-2-5-14-11(8)12(16)15-7-10-9(13)4-6-17-10/h2-6H,7H2,1H3,(H,15,16). The summed E-state index contributed by atoms with van der Waals surface area (Å²) in [6, 6.07) is 5.67. The molecule has 1 N–H and O–H groups in total. The molecule has 0 aliphatic rings. The first kappa shape index (κ1) is 12.3. The lowest BCUT2D eigenvalue weighted by atomic mass is 10.2. The number of nitrogens with zero attached hydrogens (tertiary/aromatic N) is 1. The number of halogens is 1. The Morgan fingerprint density at radius 3 is 3.00 bits per heavy atom. The zero-order valence-corrected chi connectivity index (χ0v) is 11.6. The number of carbonyl (C=O) groups is 1. The van der Waals surface area contributed by atoms with Crippen LogP contribution in [-0.2, 0) is 6.54 Å². The van der Waals surface area contributed by atoms with Gasteiger partial charge in [0.15, 0.2) is 0 Å². The summed E-state index contributed by atoms with van der Waals surface area (Å²) < 4.78 is 1.03. The molecule has 0 fully saturated rings. The van der Waals surface area contributed by atoms with Crippen molar-refractivity contribution in [2.45, 2.75) is 13.5 Å². The van der Waals surface area contributed by atoms with Gasteiger partial charge in [-0.1, -0.05) is 6.07 Å². The quantitative estimate of drug-likeness (QED) is 0.946. The maximum atomic E-state index is 11.9. The van der Waals surface area contributed by atoms with Gasteiger partial charge in [0.2, 0.25) is 0 Å². The van der Waals surface area contributed by atoms with Crippen molar-refractivity contribution in [2.24, 2.45) is 0 Å². The zero-order chi connectivity index (χ0) is 12.3. The minimum absolute atomic E-state index is 0.136. The third-order valence-electron chi connectivity index (χ3n) is 2.33. The second-order valence-electron chi connectivity index (χ2n) is 3.54. The van der Waals surface area contributed by atoms with Crippen molar-refractivity contribution >= 4 is 33.2 Å². The fourth-order valence-corrected chi connectivity index (χ4v) is 2.85. The van der Waals surface area contributed by atoms with Crippen LogP contribution in [0.2, 0.25) is 0 Å². The number of hydrogen-bond donors (Lipinski definition) is 1. The highest BCUT2D eigenvalue weighted by atomic mass is 79.9. The number of aromatic nitrogens is 1. The van der Waals surface area contributed by atoms with Gasteiger partial charge < -0.3 is 5.32 Å². The van der Waals surface area contributed by atoms with E-state index in [9.17, 15) is 4.79 Å². The highest BCUT2D eigenvalue weighted by Crippen LogP contribution is 2.22. The van der Waals surface area contributed by atoms with Crippen LogP contribution in [0.5, 0.6) is 0 Å². The van der Waals surface area contributed by atoms with E-state index >= 15 is 0 Å². The number of aryl methyl sites for hydroxylation is 1. The minimum atomic E-state index is -0.136. The molecule has 0 bridgehead atoms. The van der Waals surface area contributed by atoms with Crippen molar-refractivity contribution in [3.8, 4) is 0 Å². The lowest BCUT2D eigenvalue weighted by Gasteiger charge is -2.05. The number of carbonyl (C=O) groups excluding carboxylic acids is 1. The van der Waals surface area contributed by atoms with Crippen LogP contribution >= 0.6 is 27.3 Å². The summed E-state index contributed by atoms with van der Waals surface area (Å²) in [7, 11) is 0. The van der Waals surface area contributed by atoms with Crippen molar-refractivity contribution in [1.29, 1.82) is 0 Å². The van der Waals surface area contributed by atoms with E-state index in [4.69, 9.17) is 0 Å². The summed E-state index contributed by atoms with van der Waals surface area (Å²) in [6.45, 7) is 2.40. The molecule has 0 radical (unpaired) electrons. The maximum Gasteiger partial charge on any atom is 0.270 e. The molecule has 0 aliphatic carbocycles. The van der Waals surface area contributed by atoms with Gasteiger partial charge in [-0.3, -0.25) is 9.78 Å². The summed E-state index contributed by atoms with van der Waals surface area (Å²) in [6.07, 6.45) is 1.63. The molecule has 2 rings (SSSR count). The Bertz CT molecular complexity index is 539. The van der Waals surface area contributed by atoms with Gasteiger partial charge in [0.05, 0.1) is 6.54 Å². The van der Waals surface area contributed by atoms with Crippen LogP contribution in [-0.4, -0.2) is 10.9 Å². The van der Waals surface area contributed by atoms with Gasteiger partial charge in [-0.15, -0.1) is 11.3 Å². The highest BCUT2D eigenvalue weighted by Gasteiger charge is 2.10. The fourth-order valence-electron chi connectivity index (χ4n) is 1.42. The first-order valence-electron chi connectivity index (χ1n) is 5.10. The van der Waals surface area contributed by atoms with E-state index in [1.165, 1.54) is 0 Å². The smallest absolute Gasteiger partial charge is 0.270 e. The van der Waals surface area contributed by atoms with E-state index in [-0.39, 0.29) is 5.91 Å². The van der Waals surface area contributed by atoms with E-state index in [1.807, 2.05) is 30.5 Å². The Morgan fingerprint density at radius 1 is 1.53 bits per heavy atom. The average Bonchev–Trinajstić information content (AvgIpc) is 2.72. The average molecular weight is 311 g/mol. The van der Waals surface area contributed by atoms with Crippen LogP contribution in [0.25, 0.3) is 0 Å². The molecular weight excluding hydrogens is 300 g/mol. The van der Waals surface area contributed by atoms with Crippen LogP contribution in [0, 0.1) is 6.92 Å². The summed E-state index contributed by atoms with van der Waals surface area (Å²) in [5.74, 6) is -0.136. The summed E-state index contributed by atoms with van der Waals surface area (Å²) >= 11 is 5.04. The van der Waals surface area contributed by atoms with Gasteiger partial charge in [0, 0.05) is 15.5 Å². The first-order chi connectivity index (χ1) is 8.18. The van der Waals surface area contributed by atoms with E-state index < -0.39 is 0 Å². The van der Waals surface area contributed by atoms with Gasteiger partial charge in [0.1, 0.15) is 5.69 Å². The molecule has 2 heterocycles. The number of pyridine rings is 1. The second kappa shape index (κ2) is 5.42. The number of hydrogen-bond acceptors (Lipinski definition) is 3. The predicted molar refractivity (Wildman–Crippen MR) is 72.2 cm³/mol. The summed E-state index contributed by atoms with van der Waals surface area (Å²) in [4.78, 5) is 17.1. The molecule has 0 saturated carbocycles. The summed E-state index contributed by atoms with van der Waals surface area (Å²) in [5.41, 5.74) is 1.37. The maximum absolute atomic E-state index is 11.9. The largest absolute Gasteiger partial charge is 0.346 e. The topological polar surface area (TPSA) is 42.0 Å². The molecular formula is C12H11BrN2OS. The van der Waals surface area contributed by atoms with Crippen LogP contribution in [0.15, 0.2) is 34.2 Å². The Labute approximate surface area is 112 Å². The normalized spacial score (nSPS) is 10.2. The molecule has 2 aromatic heterocycles. The van der Waals surface area contributed by atoms with Crippen LogP contribution < -0.4 is 5.32 Å². The molecule has 0 atom stereocenters. The van der Waals surface area contributed by atoms with E-state index in [1.54, 1.807) is 17.5 Å². The SMILES string of the molecule is Cc1cccnc1C(=O)NCc1sccc1Br. The van der Waals surface area contributed by atoms with Gasteiger partial charge >= 0.3 is 0 Å². The molecule has 17 heavy (non-hydrogen) atoms. The lowest BCUT2D eigenvalue weighted by molar-refractivity contribution is 0.0945. The van der Waals surface area contributed by atoms with E-state index in [0.717, 1.165) is 14.9 Å². The number of amides is 1. The zero-order valence-electron chi connectivity index (χ0n) is 9.24. The van der Waals surface area contributed by atoms with Gasteiger partial charge in [-0.05, 0) is 45.9 Å². The van der Waals surface area contributed by atoms with Crippen molar-refractivity contribution in [1.82, 2.24) is 10.3 Å². The van der Waals surface area contributed by atoms with Gasteiger partial charge in [-0.25, -0.2) is 0 Å². The molecule has 3 nitrogen and oxygen atoms in total. The molecule has 0 spiro atoms. The molecule has 2 aromatic rings. The van der Waals surface area contributed by atoms with Crippen molar-refractivity contribution in [2.75, 3.05) is 0 Å². The Kier molecular flexibility index (Phi) is 3.91. The molecule has 0 unspecified atom stereocenters. The van der Waals surface area contributed by atoms with E-state index in [2.05, 4.69) is 26.2 Å². The number of nitrogens with one attached hydrogen (secondary N) is 1. The third-order valence-corrected chi connectivity index (χ3v) is 4.25. The fraction of sp³-hybridized carbons (Fsp3) is 0.167. The van der Waals surface area contributed by atoms with Crippen LogP contribution in [0.1, 0.15) is 20.9 Å². The molecule has 1 amide bonds.